The highest BCUT2D eigenvalue weighted by Gasteiger charge is 2.21. The fourth-order valence-electron chi connectivity index (χ4n) is 1.74. The number of carbonyl (C=O) groups excluding carboxylic acids is 1. The SMILES string of the molecule is COC(=O)C(CSc1ccncc1)c1ccccc1. The molecule has 0 fully saturated rings. The highest BCUT2D eigenvalue weighted by molar-refractivity contribution is 7.99. The van der Waals surface area contributed by atoms with Gasteiger partial charge in [-0.25, -0.2) is 0 Å². The third-order valence-electron chi connectivity index (χ3n) is 2.75. The first-order chi connectivity index (χ1) is 9.31. The van der Waals surface area contributed by atoms with Gasteiger partial charge >= 0.3 is 5.97 Å². The van der Waals surface area contributed by atoms with Crippen LogP contribution in [-0.2, 0) is 9.53 Å². The average Bonchev–Trinajstić information content (AvgIpc) is 2.49. The molecule has 0 aliphatic heterocycles. The molecule has 98 valence electrons. The van der Waals surface area contributed by atoms with E-state index in [1.54, 1.807) is 24.2 Å². The van der Waals surface area contributed by atoms with Crippen LogP contribution in [-0.4, -0.2) is 23.8 Å². The maximum atomic E-state index is 11.9. The van der Waals surface area contributed by atoms with Crippen LogP contribution in [0.5, 0.6) is 0 Å². The number of thioether (sulfide) groups is 1. The highest BCUT2D eigenvalue weighted by atomic mass is 32.2. The smallest absolute Gasteiger partial charge is 0.313 e. The van der Waals surface area contributed by atoms with Crippen molar-refractivity contribution in [1.82, 2.24) is 4.98 Å². The molecule has 0 spiro atoms. The van der Waals surface area contributed by atoms with E-state index < -0.39 is 0 Å². The van der Waals surface area contributed by atoms with E-state index >= 15 is 0 Å². The Labute approximate surface area is 117 Å². The summed E-state index contributed by atoms with van der Waals surface area (Å²) in [5.74, 6) is 0.206. The van der Waals surface area contributed by atoms with Gasteiger partial charge in [0.2, 0.25) is 0 Å². The lowest BCUT2D eigenvalue weighted by molar-refractivity contribution is -0.141. The monoisotopic (exact) mass is 273 g/mol. The summed E-state index contributed by atoms with van der Waals surface area (Å²) >= 11 is 1.63. The summed E-state index contributed by atoms with van der Waals surface area (Å²) in [6, 6.07) is 13.6. The molecule has 0 aliphatic carbocycles. The van der Waals surface area contributed by atoms with Gasteiger partial charge in [0.25, 0.3) is 0 Å². The summed E-state index contributed by atoms with van der Waals surface area (Å²) in [5.41, 5.74) is 0.982. The largest absolute Gasteiger partial charge is 0.469 e. The van der Waals surface area contributed by atoms with Gasteiger partial charge in [-0.2, -0.15) is 0 Å². The molecule has 1 aromatic heterocycles. The lowest BCUT2D eigenvalue weighted by Crippen LogP contribution is -2.16. The lowest BCUT2D eigenvalue weighted by Gasteiger charge is -2.14. The van der Waals surface area contributed by atoms with E-state index in [1.807, 2.05) is 42.5 Å². The fraction of sp³-hybridized carbons (Fsp3) is 0.200. The molecule has 0 bridgehead atoms. The third kappa shape index (κ3) is 3.83. The summed E-state index contributed by atoms with van der Waals surface area (Å²) in [5, 5.41) is 0. The van der Waals surface area contributed by atoms with Gasteiger partial charge in [0.15, 0.2) is 0 Å². The molecule has 1 atom stereocenters. The number of benzene rings is 1. The van der Waals surface area contributed by atoms with Gasteiger partial charge in [0.05, 0.1) is 13.0 Å². The second-order valence-electron chi connectivity index (χ2n) is 3.98. The quantitative estimate of drug-likeness (QED) is 0.620. The number of aromatic nitrogens is 1. The van der Waals surface area contributed by atoms with Crippen molar-refractivity contribution in [3.05, 3.63) is 60.4 Å². The molecule has 1 heterocycles. The Morgan fingerprint density at radius 2 is 1.89 bits per heavy atom. The zero-order valence-electron chi connectivity index (χ0n) is 10.7. The van der Waals surface area contributed by atoms with Crippen molar-refractivity contribution in [3.63, 3.8) is 0 Å². The van der Waals surface area contributed by atoms with Crippen LogP contribution in [0.2, 0.25) is 0 Å². The first-order valence-electron chi connectivity index (χ1n) is 5.97. The summed E-state index contributed by atoms with van der Waals surface area (Å²) < 4.78 is 4.89. The van der Waals surface area contributed by atoms with Crippen molar-refractivity contribution in [2.75, 3.05) is 12.9 Å². The van der Waals surface area contributed by atoms with Gasteiger partial charge in [-0.3, -0.25) is 9.78 Å². The zero-order chi connectivity index (χ0) is 13.5. The minimum Gasteiger partial charge on any atom is -0.469 e. The summed E-state index contributed by atoms with van der Waals surface area (Å²) in [4.78, 5) is 17.0. The standard InChI is InChI=1S/C15H15NO2S/c1-18-15(17)14(12-5-3-2-4-6-12)11-19-13-7-9-16-10-8-13/h2-10,14H,11H2,1H3. The molecule has 0 aliphatic rings. The van der Waals surface area contributed by atoms with Crippen molar-refractivity contribution in [3.8, 4) is 0 Å². The number of rotatable bonds is 5. The van der Waals surface area contributed by atoms with Crippen LogP contribution >= 0.6 is 11.8 Å². The molecular formula is C15H15NO2S. The topological polar surface area (TPSA) is 39.2 Å². The Balaban J connectivity index is 2.09. The van der Waals surface area contributed by atoms with Gasteiger partial charge in [-0.1, -0.05) is 30.3 Å². The van der Waals surface area contributed by atoms with Gasteiger partial charge in [-0.15, -0.1) is 11.8 Å². The van der Waals surface area contributed by atoms with Crippen LogP contribution in [0, 0.1) is 0 Å². The highest BCUT2D eigenvalue weighted by Crippen LogP contribution is 2.26. The van der Waals surface area contributed by atoms with Crippen LogP contribution in [0.15, 0.2) is 59.8 Å². The van der Waals surface area contributed by atoms with Crippen molar-refractivity contribution >= 4 is 17.7 Å². The third-order valence-corrected chi connectivity index (χ3v) is 3.86. The van der Waals surface area contributed by atoms with E-state index in [1.165, 1.54) is 7.11 Å². The maximum Gasteiger partial charge on any atom is 0.313 e. The number of esters is 1. The van der Waals surface area contributed by atoms with E-state index in [-0.39, 0.29) is 11.9 Å². The lowest BCUT2D eigenvalue weighted by atomic mass is 10.0. The molecule has 4 heteroatoms. The molecule has 1 aromatic carbocycles. The maximum absolute atomic E-state index is 11.9. The minimum atomic E-state index is -0.246. The van der Waals surface area contributed by atoms with Crippen LogP contribution < -0.4 is 0 Å². The second-order valence-corrected chi connectivity index (χ2v) is 5.07. The fourth-order valence-corrected chi connectivity index (χ4v) is 2.74. The molecule has 1 unspecified atom stereocenters. The van der Waals surface area contributed by atoms with E-state index in [2.05, 4.69) is 4.98 Å². The Morgan fingerprint density at radius 1 is 1.21 bits per heavy atom. The molecule has 19 heavy (non-hydrogen) atoms. The van der Waals surface area contributed by atoms with Gasteiger partial charge in [0, 0.05) is 23.0 Å². The zero-order valence-corrected chi connectivity index (χ0v) is 11.5. The van der Waals surface area contributed by atoms with Crippen LogP contribution in [0.25, 0.3) is 0 Å². The number of methoxy groups -OCH3 is 1. The van der Waals surface area contributed by atoms with Crippen molar-refractivity contribution < 1.29 is 9.53 Å². The van der Waals surface area contributed by atoms with Crippen LogP contribution in [0.1, 0.15) is 11.5 Å². The molecule has 0 N–H and O–H groups in total. The van der Waals surface area contributed by atoms with Gasteiger partial charge < -0.3 is 4.74 Å². The Kier molecular flexibility index (Phi) is 4.98. The summed E-state index contributed by atoms with van der Waals surface area (Å²) in [6.45, 7) is 0. The van der Waals surface area contributed by atoms with Gasteiger partial charge in [0.1, 0.15) is 0 Å². The number of carbonyl (C=O) groups is 1. The van der Waals surface area contributed by atoms with E-state index in [0.717, 1.165) is 10.5 Å². The first-order valence-corrected chi connectivity index (χ1v) is 6.95. The van der Waals surface area contributed by atoms with E-state index in [9.17, 15) is 4.79 Å². The van der Waals surface area contributed by atoms with Gasteiger partial charge in [-0.05, 0) is 17.7 Å². The first kappa shape index (κ1) is 13.6. The van der Waals surface area contributed by atoms with Crippen molar-refractivity contribution in [2.24, 2.45) is 0 Å². The molecule has 2 aromatic rings. The Morgan fingerprint density at radius 3 is 2.53 bits per heavy atom. The number of pyridine rings is 1. The molecule has 0 radical (unpaired) electrons. The van der Waals surface area contributed by atoms with E-state index in [0.29, 0.717) is 5.75 Å². The second kappa shape index (κ2) is 6.95. The number of ether oxygens (including phenoxy) is 1. The normalized spacial score (nSPS) is 11.8. The molecule has 0 saturated carbocycles. The van der Waals surface area contributed by atoms with Crippen molar-refractivity contribution in [2.45, 2.75) is 10.8 Å². The van der Waals surface area contributed by atoms with E-state index in [4.69, 9.17) is 4.74 Å². The molecule has 0 amide bonds. The number of hydrogen-bond acceptors (Lipinski definition) is 4. The minimum absolute atomic E-state index is 0.201. The van der Waals surface area contributed by atoms with Crippen LogP contribution in [0.4, 0.5) is 0 Å². The predicted molar refractivity (Wildman–Crippen MR) is 76.2 cm³/mol. The molecule has 0 saturated heterocycles. The molecular weight excluding hydrogens is 258 g/mol. The molecule has 3 nitrogen and oxygen atoms in total. The summed E-state index contributed by atoms with van der Waals surface area (Å²) in [6.07, 6.45) is 3.50. The average molecular weight is 273 g/mol. The Bertz CT molecular complexity index is 516. The predicted octanol–water partition coefficient (Wildman–Crippen LogP) is 3.13. The number of hydrogen-bond donors (Lipinski definition) is 0. The molecule has 2 rings (SSSR count). The van der Waals surface area contributed by atoms with Crippen molar-refractivity contribution in [1.29, 1.82) is 0 Å². The van der Waals surface area contributed by atoms with Crippen LogP contribution in [0.3, 0.4) is 0 Å². The Hall–Kier alpha value is -1.81. The number of nitrogens with zero attached hydrogens (tertiary/aromatic N) is 1. The summed E-state index contributed by atoms with van der Waals surface area (Å²) in [7, 11) is 1.43.